The highest BCUT2D eigenvalue weighted by atomic mass is 35.5. The number of benzene rings is 1. The molecule has 0 aromatic heterocycles. The Balaban J connectivity index is 2.34. The van der Waals surface area contributed by atoms with Gasteiger partial charge in [-0.1, -0.05) is 41.6 Å². The maximum absolute atomic E-state index is 12.8. The zero-order chi connectivity index (χ0) is 20.6. The van der Waals surface area contributed by atoms with E-state index in [0.717, 1.165) is 0 Å². The number of fused-ring (bicyclic) bond motifs is 1. The van der Waals surface area contributed by atoms with Gasteiger partial charge in [0.1, 0.15) is 5.82 Å². The highest BCUT2D eigenvalue weighted by Gasteiger charge is 2.49. The van der Waals surface area contributed by atoms with Crippen molar-refractivity contribution >= 4 is 41.2 Å². The fourth-order valence-corrected chi connectivity index (χ4v) is 4.68. The van der Waals surface area contributed by atoms with Crippen LogP contribution in [0.1, 0.15) is 25.3 Å². The van der Waals surface area contributed by atoms with E-state index in [1.807, 2.05) is 0 Å². The standard InChI is InChI=1S/C19H19ClN2O5S/c1-4-27-19(25)13-12(10-7-5-6-8-11(10)20)14(18(24)26-3)17-22(15(13)21)16(23)9(2)28-17/h5-9,12H,4,21H2,1-3H3/t9-,12+/m0/s1. The molecule has 2 aliphatic heterocycles. The minimum Gasteiger partial charge on any atom is -0.466 e. The highest BCUT2D eigenvalue weighted by Crippen LogP contribution is 2.50. The predicted molar refractivity (Wildman–Crippen MR) is 105 cm³/mol. The molecule has 1 amide bonds. The summed E-state index contributed by atoms with van der Waals surface area (Å²) in [5, 5.41) is 0.224. The number of amides is 1. The Morgan fingerprint density at radius 1 is 1.25 bits per heavy atom. The number of hydrogen-bond acceptors (Lipinski definition) is 7. The minimum absolute atomic E-state index is 0.0119. The fraction of sp³-hybridized carbons (Fsp3) is 0.316. The molecule has 1 fully saturated rings. The SMILES string of the molecule is CCOC(=O)C1=C(N)N2C(=O)[C@H](C)SC2=C(C(=O)OC)[C@@H]1c1ccccc1Cl. The molecule has 0 aliphatic carbocycles. The molecular weight excluding hydrogens is 404 g/mol. The lowest BCUT2D eigenvalue weighted by Gasteiger charge is -2.33. The highest BCUT2D eigenvalue weighted by molar-refractivity contribution is 8.04. The van der Waals surface area contributed by atoms with Crippen LogP contribution < -0.4 is 5.73 Å². The normalized spacial score (nSPS) is 21.7. The quantitative estimate of drug-likeness (QED) is 0.744. The summed E-state index contributed by atoms with van der Waals surface area (Å²) in [4.78, 5) is 39.4. The van der Waals surface area contributed by atoms with Crippen molar-refractivity contribution in [2.45, 2.75) is 25.0 Å². The Morgan fingerprint density at radius 3 is 2.54 bits per heavy atom. The van der Waals surface area contributed by atoms with Gasteiger partial charge in [0.05, 0.1) is 41.1 Å². The van der Waals surface area contributed by atoms with Gasteiger partial charge in [-0.3, -0.25) is 9.69 Å². The van der Waals surface area contributed by atoms with Crippen molar-refractivity contribution in [3.05, 3.63) is 56.8 Å². The van der Waals surface area contributed by atoms with Gasteiger partial charge in [-0.15, -0.1) is 0 Å². The average Bonchev–Trinajstić information content (AvgIpc) is 2.96. The van der Waals surface area contributed by atoms with Crippen LogP contribution in [-0.4, -0.2) is 41.7 Å². The Labute approximate surface area is 171 Å². The molecule has 3 rings (SSSR count). The Morgan fingerprint density at radius 2 is 1.93 bits per heavy atom. The van der Waals surface area contributed by atoms with E-state index in [0.29, 0.717) is 15.6 Å². The number of thioether (sulfide) groups is 1. The molecule has 1 aromatic carbocycles. The number of ether oxygens (including phenoxy) is 2. The van der Waals surface area contributed by atoms with E-state index >= 15 is 0 Å². The van der Waals surface area contributed by atoms with Crippen molar-refractivity contribution in [2.75, 3.05) is 13.7 Å². The van der Waals surface area contributed by atoms with E-state index in [1.165, 1.54) is 23.8 Å². The largest absolute Gasteiger partial charge is 0.466 e. The molecule has 148 valence electrons. The van der Waals surface area contributed by atoms with Crippen molar-refractivity contribution in [1.82, 2.24) is 4.90 Å². The summed E-state index contributed by atoms with van der Waals surface area (Å²) in [6, 6.07) is 6.82. The minimum atomic E-state index is -0.919. The van der Waals surface area contributed by atoms with Gasteiger partial charge in [-0.05, 0) is 25.5 Å². The third kappa shape index (κ3) is 3.16. The summed E-state index contributed by atoms with van der Waals surface area (Å²) < 4.78 is 10.2. The average molecular weight is 423 g/mol. The van der Waals surface area contributed by atoms with Crippen LogP contribution in [0.25, 0.3) is 0 Å². The Hall–Kier alpha value is -2.45. The third-order valence-corrected chi connectivity index (χ3v) is 6.03. The molecule has 2 N–H and O–H groups in total. The molecule has 1 saturated heterocycles. The van der Waals surface area contributed by atoms with Crippen molar-refractivity contribution in [1.29, 1.82) is 0 Å². The fourth-order valence-electron chi connectivity index (χ4n) is 3.27. The van der Waals surface area contributed by atoms with Crippen molar-refractivity contribution in [3.8, 4) is 0 Å². The monoisotopic (exact) mass is 422 g/mol. The zero-order valence-electron chi connectivity index (χ0n) is 15.5. The van der Waals surface area contributed by atoms with Crippen LogP contribution in [0.3, 0.4) is 0 Å². The number of methoxy groups -OCH3 is 1. The van der Waals surface area contributed by atoms with Crippen LogP contribution in [-0.2, 0) is 23.9 Å². The third-order valence-electron chi connectivity index (χ3n) is 4.50. The van der Waals surface area contributed by atoms with Crippen LogP contribution in [0.4, 0.5) is 0 Å². The lowest BCUT2D eigenvalue weighted by Crippen LogP contribution is -2.40. The molecule has 0 unspecified atom stereocenters. The second-order valence-electron chi connectivity index (χ2n) is 6.12. The van der Waals surface area contributed by atoms with E-state index in [-0.39, 0.29) is 29.5 Å². The second-order valence-corrected chi connectivity index (χ2v) is 7.85. The van der Waals surface area contributed by atoms with Gasteiger partial charge in [0.2, 0.25) is 5.91 Å². The first kappa shape index (κ1) is 20.3. The van der Waals surface area contributed by atoms with E-state index in [1.54, 1.807) is 38.1 Å². The maximum Gasteiger partial charge on any atom is 0.338 e. The van der Waals surface area contributed by atoms with E-state index in [2.05, 4.69) is 0 Å². The number of nitrogens with zero attached hydrogens (tertiary/aromatic N) is 1. The van der Waals surface area contributed by atoms with E-state index in [4.69, 9.17) is 26.8 Å². The molecule has 28 heavy (non-hydrogen) atoms. The van der Waals surface area contributed by atoms with Gasteiger partial charge in [0.25, 0.3) is 0 Å². The summed E-state index contributed by atoms with van der Waals surface area (Å²) in [6.07, 6.45) is 0. The molecule has 1 aromatic rings. The first-order valence-corrected chi connectivity index (χ1v) is 9.83. The van der Waals surface area contributed by atoms with Crippen LogP contribution in [0.5, 0.6) is 0 Å². The van der Waals surface area contributed by atoms with Crippen LogP contribution >= 0.6 is 23.4 Å². The molecule has 2 heterocycles. The van der Waals surface area contributed by atoms with E-state index < -0.39 is 23.1 Å². The number of esters is 2. The molecule has 0 radical (unpaired) electrons. The number of nitrogens with two attached hydrogens (primary N) is 1. The molecule has 0 spiro atoms. The van der Waals surface area contributed by atoms with Crippen LogP contribution in [0.15, 0.2) is 46.3 Å². The van der Waals surface area contributed by atoms with Gasteiger partial charge in [0.15, 0.2) is 0 Å². The summed E-state index contributed by atoms with van der Waals surface area (Å²) in [6.45, 7) is 3.46. The summed E-state index contributed by atoms with van der Waals surface area (Å²) in [7, 11) is 1.24. The Kier molecular flexibility index (Phi) is 5.71. The topological polar surface area (TPSA) is 98.9 Å². The summed E-state index contributed by atoms with van der Waals surface area (Å²) >= 11 is 7.58. The van der Waals surface area contributed by atoms with Crippen LogP contribution in [0, 0.1) is 0 Å². The smallest absolute Gasteiger partial charge is 0.338 e. The first-order chi connectivity index (χ1) is 13.3. The van der Waals surface area contributed by atoms with Gasteiger partial charge >= 0.3 is 11.9 Å². The van der Waals surface area contributed by atoms with Crippen LogP contribution in [0.2, 0.25) is 5.02 Å². The van der Waals surface area contributed by atoms with Gasteiger partial charge in [-0.2, -0.15) is 0 Å². The second kappa shape index (κ2) is 7.89. The molecule has 9 heteroatoms. The molecule has 2 aliphatic rings. The van der Waals surface area contributed by atoms with Crippen molar-refractivity contribution < 1.29 is 23.9 Å². The molecular formula is C19H19ClN2O5S. The van der Waals surface area contributed by atoms with Gasteiger partial charge < -0.3 is 15.2 Å². The molecule has 0 bridgehead atoms. The summed E-state index contributed by atoms with van der Waals surface area (Å²) in [5.41, 5.74) is 6.89. The Bertz CT molecular complexity index is 927. The van der Waals surface area contributed by atoms with Gasteiger partial charge in [-0.25, -0.2) is 9.59 Å². The summed E-state index contributed by atoms with van der Waals surface area (Å²) in [5.74, 6) is -2.69. The zero-order valence-corrected chi connectivity index (χ0v) is 17.1. The lowest BCUT2D eigenvalue weighted by atomic mass is 9.82. The van der Waals surface area contributed by atoms with Crippen molar-refractivity contribution in [2.24, 2.45) is 5.73 Å². The number of hydrogen-bond donors (Lipinski definition) is 1. The number of carbonyl (C=O) groups excluding carboxylic acids is 3. The number of halogens is 1. The first-order valence-electron chi connectivity index (χ1n) is 8.57. The molecule has 0 saturated carbocycles. The van der Waals surface area contributed by atoms with Gasteiger partial charge in [0, 0.05) is 5.02 Å². The van der Waals surface area contributed by atoms with E-state index in [9.17, 15) is 14.4 Å². The number of rotatable bonds is 4. The molecule has 7 nitrogen and oxygen atoms in total. The van der Waals surface area contributed by atoms with Crippen molar-refractivity contribution in [3.63, 3.8) is 0 Å². The molecule has 2 atom stereocenters. The lowest BCUT2D eigenvalue weighted by molar-refractivity contribution is -0.139. The predicted octanol–water partition coefficient (Wildman–Crippen LogP) is 2.52. The maximum atomic E-state index is 12.8. The number of carbonyl (C=O) groups is 3.